The lowest BCUT2D eigenvalue weighted by atomic mass is 10.1. The molecule has 0 radical (unpaired) electrons. The maximum absolute atomic E-state index is 12.4. The van der Waals surface area contributed by atoms with Crippen LogP contribution in [0.3, 0.4) is 0 Å². The number of nitrogens with one attached hydrogen (secondary N) is 3. The van der Waals surface area contributed by atoms with E-state index >= 15 is 0 Å². The Kier molecular flexibility index (Phi) is 35.6. The molecule has 0 saturated carbocycles. The van der Waals surface area contributed by atoms with Gasteiger partial charge in [0.15, 0.2) is 11.2 Å². The van der Waals surface area contributed by atoms with Gasteiger partial charge in [0, 0.05) is 50.1 Å². The Morgan fingerprint density at radius 2 is 0.947 bits per heavy atom. The van der Waals surface area contributed by atoms with E-state index < -0.39 is 54.6 Å². The summed E-state index contributed by atoms with van der Waals surface area (Å²) in [6, 6.07) is 27.8. The SMILES string of the molecule is C.C.CCC(CN)C(=O)OCOC(=O)C(C)(C)Oc1ccc(CCNC(=O)c2ccc(Cl)cc2)cc1.CCC(CNC)C(=O)OCOC(=O)C(C)(C)Oc1ccc(CCNC(=O)c2ccc(Cl)cc2)cc1.Cl.[2H]CC.[3H]C. The fourth-order valence-electron chi connectivity index (χ4n) is 6.10. The molecule has 0 heterocycles. The van der Waals surface area contributed by atoms with E-state index in [4.69, 9.17) is 60.1 Å². The lowest BCUT2D eigenvalue weighted by Gasteiger charge is -2.24. The molecule has 0 aromatic heterocycles. The van der Waals surface area contributed by atoms with Gasteiger partial charge in [-0.05, 0) is 144 Å². The van der Waals surface area contributed by atoms with Gasteiger partial charge in [-0.1, -0.05) is 97.4 Å². The normalized spacial score (nSPS) is 11.3. The Morgan fingerprint density at radius 1 is 0.613 bits per heavy atom. The molecular weight excluding hydrogens is 1030 g/mol. The van der Waals surface area contributed by atoms with Crippen molar-refractivity contribution in [3.05, 3.63) is 129 Å². The van der Waals surface area contributed by atoms with Crippen molar-refractivity contribution in [2.24, 2.45) is 17.6 Å². The highest BCUT2D eigenvalue weighted by Crippen LogP contribution is 2.22. The molecule has 420 valence electrons. The average Bonchev–Trinajstić information content (AvgIpc) is 3.38. The van der Waals surface area contributed by atoms with Gasteiger partial charge in [-0.15, -0.1) is 12.4 Å². The van der Waals surface area contributed by atoms with Crippen LogP contribution in [-0.4, -0.2) is 93.7 Å². The summed E-state index contributed by atoms with van der Waals surface area (Å²) in [6.45, 7) is 12.9. The van der Waals surface area contributed by atoms with E-state index in [0.29, 0.717) is 84.9 Å². The van der Waals surface area contributed by atoms with Crippen molar-refractivity contribution in [1.82, 2.24) is 16.0 Å². The van der Waals surface area contributed by atoms with Gasteiger partial charge in [0.05, 0.1) is 11.8 Å². The molecule has 0 fully saturated rings. The molecule has 5 N–H and O–H groups in total. The smallest absolute Gasteiger partial charge is 0.352 e. The van der Waals surface area contributed by atoms with E-state index in [1.165, 1.54) is 7.40 Å². The van der Waals surface area contributed by atoms with Gasteiger partial charge < -0.3 is 50.1 Å². The lowest BCUT2D eigenvalue weighted by molar-refractivity contribution is -0.180. The Balaban J connectivity index is -0.00000127. The maximum Gasteiger partial charge on any atom is 0.352 e. The van der Waals surface area contributed by atoms with Crippen LogP contribution in [0.4, 0.5) is 0 Å². The zero-order valence-electron chi connectivity index (χ0n) is 45.3. The molecule has 0 aliphatic carbocycles. The molecule has 75 heavy (non-hydrogen) atoms. The van der Waals surface area contributed by atoms with Crippen LogP contribution in [-0.2, 0) is 51.0 Å². The first-order chi connectivity index (χ1) is 35.2. The molecule has 0 spiro atoms. The number of hydrogen-bond donors (Lipinski definition) is 4. The summed E-state index contributed by atoms with van der Waals surface area (Å²) in [7, 11) is 3.00. The Morgan fingerprint density at radius 3 is 1.25 bits per heavy atom. The third-order valence-corrected chi connectivity index (χ3v) is 10.9. The molecule has 2 atom stereocenters. The number of rotatable bonds is 25. The predicted molar refractivity (Wildman–Crippen MR) is 301 cm³/mol. The van der Waals surface area contributed by atoms with Crippen molar-refractivity contribution >= 4 is 71.3 Å². The van der Waals surface area contributed by atoms with E-state index in [9.17, 15) is 28.8 Å². The van der Waals surface area contributed by atoms with Gasteiger partial charge in [-0.3, -0.25) is 19.2 Å². The molecular formula is C56H83Cl3N4O12. The number of amides is 2. The summed E-state index contributed by atoms with van der Waals surface area (Å²) < 4.78 is 43.6. The van der Waals surface area contributed by atoms with Crippen LogP contribution in [0.2, 0.25) is 10.0 Å². The molecule has 16 nitrogen and oxygen atoms in total. The first kappa shape index (κ1) is 69.1. The van der Waals surface area contributed by atoms with E-state index in [0.717, 1.165) is 11.1 Å². The van der Waals surface area contributed by atoms with Crippen molar-refractivity contribution in [1.29, 1.82) is 0 Å². The molecule has 0 saturated heterocycles. The molecule has 19 heteroatoms. The largest absolute Gasteiger partial charge is 0.476 e. The van der Waals surface area contributed by atoms with Crippen LogP contribution >= 0.6 is 35.6 Å². The minimum atomic E-state index is -1.29. The number of carbonyl (C=O) groups excluding carboxylic acids is 6. The van der Waals surface area contributed by atoms with Crippen LogP contribution in [0.25, 0.3) is 0 Å². The maximum atomic E-state index is 12.4. The summed E-state index contributed by atoms with van der Waals surface area (Å²) >= 11 is 11.7. The van der Waals surface area contributed by atoms with Crippen molar-refractivity contribution in [3.63, 3.8) is 0 Å². The van der Waals surface area contributed by atoms with E-state index in [2.05, 4.69) is 16.0 Å². The molecule has 0 bridgehead atoms. The molecule has 0 aliphatic heterocycles. The number of hydrogen-bond acceptors (Lipinski definition) is 14. The predicted octanol–water partition coefficient (Wildman–Crippen LogP) is 10.6. The topological polar surface area (TPSA) is 220 Å². The van der Waals surface area contributed by atoms with Crippen LogP contribution in [0.5, 0.6) is 11.5 Å². The Hall–Kier alpha value is -5.91. The van der Waals surface area contributed by atoms with Crippen LogP contribution in [0, 0.1) is 11.8 Å². The summed E-state index contributed by atoms with van der Waals surface area (Å²) in [4.78, 5) is 72.9. The summed E-state index contributed by atoms with van der Waals surface area (Å²) in [5, 5.41) is 9.81. The van der Waals surface area contributed by atoms with Gasteiger partial charge in [0.1, 0.15) is 11.5 Å². The summed E-state index contributed by atoms with van der Waals surface area (Å²) in [5.41, 5.74) is 5.99. The highest BCUT2D eigenvalue weighted by molar-refractivity contribution is 6.31. The summed E-state index contributed by atoms with van der Waals surface area (Å²) in [6.07, 6.45) is 2.41. The van der Waals surface area contributed by atoms with Gasteiger partial charge >= 0.3 is 23.9 Å². The zero-order valence-corrected chi connectivity index (χ0v) is 45.6. The monoisotopic (exact) mass is 1110 g/mol. The number of carbonyl (C=O) groups is 6. The molecule has 4 rings (SSSR count). The summed E-state index contributed by atoms with van der Waals surface area (Å²) in [5.74, 6) is -2.35. The molecule has 4 aromatic rings. The van der Waals surface area contributed by atoms with E-state index in [1.807, 2.05) is 38.1 Å². The molecule has 2 unspecified atom stereocenters. The first-order valence-electron chi connectivity index (χ1n) is 24.9. The van der Waals surface area contributed by atoms with Crippen molar-refractivity contribution in [3.8, 4) is 11.5 Å². The third-order valence-electron chi connectivity index (χ3n) is 10.4. The van der Waals surface area contributed by atoms with Gasteiger partial charge in [-0.25, -0.2) is 9.59 Å². The molecule has 0 aliphatic rings. The number of halogens is 3. The minimum absolute atomic E-state index is 0. The number of ether oxygens (including phenoxy) is 6. The van der Waals surface area contributed by atoms with Crippen molar-refractivity contribution < 1.29 is 59.9 Å². The van der Waals surface area contributed by atoms with Crippen molar-refractivity contribution in [2.45, 2.75) is 115 Å². The standard InChI is InChI=1S/C26H33ClN2O6.C25H31ClN2O6.C2H6.3CH4.ClH/c1-5-19(16-28-4)24(31)33-17-34-25(32)26(2,3)35-22-12-6-18(7-13-22)14-15-29-23(30)20-8-10-21(27)11-9-20;1-4-18(15-27)23(30)32-16-33-24(31)25(2,3)34-21-11-5-17(6-12-21)13-14-28-22(29)19-7-9-20(26)10-8-19;1-2;;;;/h6-13,19,28H,5,14-17H2,1-4H3,(H,29,30);5-12,18H,4,13-16,27H2,1-3H3,(H,28,29);1-2H3;3*1H4;1H/i;;1D;1T;;;. The van der Waals surface area contributed by atoms with Crippen LogP contribution < -0.4 is 31.2 Å². The minimum Gasteiger partial charge on any atom is -0.476 e. The number of nitrogens with two attached hydrogens (primary N) is 1. The van der Waals surface area contributed by atoms with E-state index in [-0.39, 0.29) is 51.5 Å². The molecule has 2 amide bonds. The fourth-order valence-corrected chi connectivity index (χ4v) is 6.36. The van der Waals surface area contributed by atoms with Gasteiger partial charge in [-0.2, -0.15) is 0 Å². The second-order valence-electron chi connectivity index (χ2n) is 16.6. The van der Waals surface area contributed by atoms with Gasteiger partial charge in [0.2, 0.25) is 13.6 Å². The lowest BCUT2D eigenvalue weighted by Crippen LogP contribution is -2.40. The van der Waals surface area contributed by atoms with Crippen LogP contribution in [0.1, 0.15) is 125 Å². The Bertz CT molecular complexity index is 2290. The second kappa shape index (κ2) is 38.6. The Labute approximate surface area is 465 Å². The van der Waals surface area contributed by atoms with Crippen molar-refractivity contribution in [2.75, 3.05) is 46.8 Å². The highest BCUT2D eigenvalue weighted by Gasteiger charge is 2.33. The second-order valence-corrected chi connectivity index (χ2v) is 17.4. The van der Waals surface area contributed by atoms with E-state index in [1.54, 1.807) is 114 Å². The fraction of sp³-hybridized carbons (Fsp3) is 0.464. The zero-order chi connectivity index (χ0) is 55.7. The highest BCUT2D eigenvalue weighted by atomic mass is 35.5. The van der Waals surface area contributed by atoms with Crippen LogP contribution in [0.15, 0.2) is 97.1 Å². The number of benzene rings is 4. The first-order valence-corrected chi connectivity index (χ1v) is 23.9. The van der Waals surface area contributed by atoms with Gasteiger partial charge in [0.25, 0.3) is 11.8 Å². The molecule has 4 aromatic carbocycles. The number of esters is 4. The average molecular weight is 1110 g/mol. The quantitative estimate of drug-likeness (QED) is 0.0358. The third kappa shape index (κ3) is 26.9.